The number of rotatable bonds is 5. The Morgan fingerprint density at radius 2 is 1.76 bits per heavy atom. The molecule has 1 aliphatic rings. The average molecular weight is 350 g/mol. The van der Waals surface area contributed by atoms with Gasteiger partial charge in [-0.2, -0.15) is 0 Å². The monoisotopic (exact) mass is 350 g/mol. The lowest BCUT2D eigenvalue weighted by Gasteiger charge is -2.21. The molecular formula is C17H22N2O6. The first kappa shape index (κ1) is 18.7. The van der Waals surface area contributed by atoms with Gasteiger partial charge in [0, 0.05) is 31.8 Å². The Bertz CT molecular complexity index is 620. The van der Waals surface area contributed by atoms with E-state index in [1.807, 2.05) is 0 Å². The van der Waals surface area contributed by atoms with E-state index in [-0.39, 0.29) is 17.2 Å². The number of hydrogen-bond donors (Lipinski definition) is 1. The summed E-state index contributed by atoms with van der Waals surface area (Å²) in [7, 11) is 4.16. The van der Waals surface area contributed by atoms with Crippen LogP contribution in [0, 0.1) is 5.92 Å². The van der Waals surface area contributed by atoms with Crippen LogP contribution in [0.25, 0.3) is 0 Å². The first-order valence-electron chi connectivity index (χ1n) is 7.86. The van der Waals surface area contributed by atoms with E-state index in [2.05, 4.69) is 14.8 Å². The van der Waals surface area contributed by atoms with Gasteiger partial charge in [0.15, 0.2) is 0 Å². The van der Waals surface area contributed by atoms with Crippen molar-refractivity contribution in [3.8, 4) is 0 Å². The van der Waals surface area contributed by atoms with Crippen molar-refractivity contribution in [2.75, 3.05) is 46.3 Å². The number of carbonyl (C=O) groups excluding carboxylic acids is 3. The molecule has 1 N–H and O–H groups in total. The fraction of sp³-hybridized carbons (Fsp3) is 0.471. The van der Waals surface area contributed by atoms with Crippen molar-refractivity contribution in [2.45, 2.75) is 6.42 Å². The second-order valence-corrected chi connectivity index (χ2v) is 5.82. The molecule has 0 bridgehead atoms. The molecule has 0 spiro atoms. The number of nitrogens with one attached hydrogen (secondary N) is 1. The Balaban J connectivity index is 2.14. The molecule has 0 unspecified atom stereocenters. The first-order chi connectivity index (χ1) is 11.9. The maximum atomic E-state index is 12.3. The van der Waals surface area contributed by atoms with Crippen LogP contribution in [-0.4, -0.2) is 63.9 Å². The second kappa shape index (κ2) is 8.48. The summed E-state index contributed by atoms with van der Waals surface area (Å²) in [5, 5.41) is 2.68. The van der Waals surface area contributed by atoms with Crippen LogP contribution in [-0.2, 0) is 14.2 Å². The van der Waals surface area contributed by atoms with Gasteiger partial charge >= 0.3 is 18.0 Å². The first-order valence-corrected chi connectivity index (χ1v) is 7.86. The Kier molecular flexibility index (Phi) is 6.35. The van der Waals surface area contributed by atoms with Crippen molar-refractivity contribution in [1.29, 1.82) is 0 Å². The zero-order valence-corrected chi connectivity index (χ0v) is 14.5. The molecule has 1 aromatic rings. The SMILES string of the molecule is COC(=O)c1cc(NC(=O)N(C)C[C@H]2CCOC2)cc(C(=O)OC)c1. The molecular weight excluding hydrogens is 328 g/mol. The van der Waals surface area contributed by atoms with Crippen molar-refractivity contribution in [3.05, 3.63) is 29.3 Å². The molecule has 1 aliphatic heterocycles. The van der Waals surface area contributed by atoms with Crippen molar-refractivity contribution in [1.82, 2.24) is 4.90 Å². The molecule has 0 radical (unpaired) electrons. The highest BCUT2D eigenvalue weighted by Gasteiger charge is 2.21. The summed E-state index contributed by atoms with van der Waals surface area (Å²) < 4.78 is 14.6. The largest absolute Gasteiger partial charge is 0.465 e. The standard InChI is InChI=1S/C17H22N2O6/c1-19(9-11-4-5-25-10-11)17(22)18-14-7-12(15(20)23-2)6-13(8-14)16(21)24-3/h6-8,11H,4-5,9-10H2,1-3H3,(H,18,22)/t11-/m1/s1. The predicted octanol–water partition coefficient (Wildman–Crippen LogP) is 1.76. The van der Waals surface area contributed by atoms with E-state index in [9.17, 15) is 14.4 Å². The van der Waals surface area contributed by atoms with Crippen molar-refractivity contribution in [3.63, 3.8) is 0 Å². The summed E-state index contributed by atoms with van der Waals surface area (Å²) in [4.78, 5) is 37.4. The minimum absolute atomic E-state index is 0.146. The summed E-state index contributed by atoms with van der Waals surface area (Å²) in [6.45, 7) is 1.91. The van der Waals surface area contributed by atoms with Crippen LogP contribution in [0.15, 0.2) is 18.2 Å². The summed E-state index contributed by atoms with van der Waals surface area (Å²) >= 11 is 0. The van der Waals surface area contributed by atoms with Gasteiger partial charge in [0.25, 0.3) is 0 Å². The van der Waals surface area contributed by atoms with E-state index < -0.39 is 11.9 Å². The number of methoxy groups -OCH3 is 2. The maximum absolute atomic E-state index is 12.3. The van der Waals surface area contributed by atoms with Gasteiger partial charge in [-0.05, 0) is 24.6 Å². The van der Waals surface area contributed by atoms with Crippen LogP contribution in [0.1, 0.15) is 27.1 Å². The molecule has 2 amide bonds. The fourth-order valence-corrected chi connectivity index (χ4v) is 2.59. The maximum Gasteiger partial charge on any atom is 0.337 e. The molecule has 8 heteroatoms. The number of benzene rings is 1. The van der Waals surface area contributed by atoms with Crippen molar-refractivity contribution in [2.24, 2.45) is 5.92 Å². The molecule has 1 heterocycles. The molecule has 25 heavy (non-hydrogen) atoms. The fourth-order valence-electron chi connectivity index (χ4n) is 2.59. The number of carbonyl (C=O) groups is 3. The molecule has 0 aliphatic carbocycles. The van der Waals surface area contributed by atoms with Crippen LogP contribution in [0.3, 0.4) is 0 Å². The normalized spacial score (nSPS) is 16.2. The van der Waals surface area contributed by atoms with E-state index in [0.29, 0.717) is 31.4 Å². The minimum Gasteiger partial charge on any atom is -0.465 e. The van der Waals surface area contributed by atoms with Gasteiger partial charge in [-0.25, -0.2) is 14.4 Å². The highest BCUT2D eigenvalue weighted by Crippen LogP contribution is 2.18. The number of esters is 2. The van der Waals surface area contributed by atoms with Crippen molar-refractivity contribution >= 4 is 23.7 Å². The lowest BCUT2D eigenvalue weighted by Crippen LogP contribution is -2.35. The Labute approximate surface area is 146 Å². The number of hydrogen-bond acceptors (Lipinski definition) is 6. The number of amides is 2. The second-order valence-electron chi connectivity index (χ2n) is 5.82. The Hall–Kier alpha value is -2.61. The summed E-state index contributed by atoms with van der Waals surface area (Å²) in [6.07, 6.45) is 0.919. The third-order valence-electron chi connectivity index (χ3n) is 3.93. The van der Waals surface area contributed by atoms with Gasteiger partial charge in [-0.1, -0.05) is 0 Å². The molecule has 136 valence electrons. The van der Waals surface area contributed by atoms with Gasteiger partial charge in [-0.15, -0.1) is 0 Å². The van der Waals surface area contributed by atoms with Gasteiger partial charge in [0.05, 0.1) is 32.0 Å². The highest BCUT2D eigenvalue weighted by molar-refractivity contribution is 5.99. The van der Waals surface area contributed by atoms with Crippen LogP contribution in [0.2, 0.25) is 0 Å². The zero-order valence-electron chi connectivity index (χ0n) is 14.5. The topological polar surface area (TPSA) is 94.2 Å². The van der Waals surface area contributed by atoms with E-state index in [1.165, 1.54) is 32.4 Å². The molecule has 1 fully saturated rings. The Morgan fingerprint density at radius 1 is 1.16 bits per heavy atom. The van der Waals surface area contributed by atoms with Crippen LogP contribution in [0.4, 0.5) is 10.5 Å². The summed E-state index contributed by atoms with van der Waals surface area (Å²) in [5.74, 6) is -0.918. The Morgan fingerprint density at radius 3 is 2.24 bits per heavy atom. The smallest absolute Gasteiger partial charge is 0.337 e. The predicted molar refractivity (Wildman–Crippen MR) is 89.7 cm³/mol. The lowest BCUT2D eigenvalue weighted by molar-refractivity contribution is 0.0599. The van der Waals surface area contributed by atoms with Crippen molar-refractivity contribution < 1.29 is 28.6 Å². The number of ether oxygens (including phenoxy) is 3. The average Bonchev–Trinajstić information content (AvgIpc) is 3.12. The lowest BCUT2D eigenvalue weighted by atomic mass is 10.1. The molecule has 1 saturated heterocycles. The van der Waals surface area contributed by atoms with Crippen LogP contribution in [0.5, 0.6) is 0 Å². The van der Waals surface area contributed by atoms with E-state index >= 15 is 0 Å². The molecule has 2 rings (SSSR count). The van der Waals surface area contributed by atoms with Gasteiger partial charge in [-0.3, -0.25) is 0 Å². The highest BCUT2D eigenvalue weighted by atomic mass is 16.5. The van der Waals surface area contributed by atoms with E-state index in [1.54, 1.807) is 11.9 Å². The third-order valence-corrected chi connectivity index (χ3v) is 3.93. The molecule has 1 atom stereocenters. The van der Waals surface area contributed by atoms with Gasteiger partial charge in [0.2, 0.25) is 0 Å². The molecule has 8 nitrogen and oxygen atoms in total. The van der Waals surface area contributed by atoms with Crippen LogP contribution >= 0.6 is 0 Å². The minimum atomic E-state index is -0.613. The van der Waals surface area contributed by atoms with Gasteiger partial charge < -0.3 is 24.4 Å². The van der Waals surface area contributed by atoms with E-state index in [4.69, 9.17) is 4.74 Å². The number of nitrogens with zero attached hydrogens (tertiary/aromatic N) is 1. The molecule has 1 aromatic carbocycles. The third kappa shape index (κ3) is 4.93. The quantitative estimate of drug-likeness (QED) is 0.813. The molecule has 0 saturated carbocycles. The summed E-state index contributed by atoms with van der Waals surface area (Å²) in [6, 6.07) is 3.91. The van der Waals surface area contributed by atoms with Gasteiger partial charge in [0.1, 0.15) is 0 Å². The number of anilines is 1. The van der Waals surface area contributed by atoms with E-state index in [0.717, 1.165) is 6.42 Å². The van der Waals surface area contributed by atoms with Crippen LogP contribution < -0.4 is 5.32 Å². The summed E-state index contributed by atoms with van der Waals surface area (Å²) in [5.41, 5.74) is 0.600. The zero-order chi connectivity index (χ0) is 18.4. The number of urea groups is 1. The molecule has 0 aromatic heterocycles.